The quantitative estimate of drug-likeness (QED) is 0.884. The highest BCUT2D eigenvalue weighted by atomic mass is 16.5. The number of ether oxygens (including phenoxy) is 2. The molecule has 1 amide bonds. The Hall–Kier alpha value is -1.66. The second-order valence-electron chi connectivity index (χ2n) is 5.41. The van der Waals surface area contributed by atoms with Crippen LogP contribution in [0.2, 0.25) is 0 Å². The summed E-state index contributed by atoms with van der Waals surface area (Å²) >= 11 is 0. The fourth-order valence-electron chi connectivity index (χ4n) is 2.68. The Morgan fingerprint density at radius 1 is 1.33 bits per heavy atom. The molecular weight excluding hydrogens is 270 g/mol. The normalized spacial score (nSPS) is 22.3. The molecule has 2 aliphatic heterocycles. The molecule has 3 rings (SSSR count). The molecule has 2 fully saturated rings. The van der Waals surface area contributed by atoms with E-state index in [-0.39, 0.29) is 5.91 Å². The predicted octanol–water partition coefficient (Wildman–Crippen LogP) is 0.684. The first-order chi connectivity index (χ1) is 10.3. The van der Waals surface area contributed by atoms with Gasteiger partial charge in [-0.15, -0.1) is 0 Å². The van der Waals surface area contributed by atoms with Crippen molar-refractivity contribution in [2.24, 2.45) is 5.92 Å². The van der Waals surface area contributed by atoms with Gasteiger partial charge >= 0.3 is 0 Å². The van der Waals surface area contributed by atoms with Crippen molar-refractivity contribution in [2.45, 2.75) is 6.42 Å². The Labute approximate surface area is 124 Å². The molecule has 2 aliphatic rings. The number of amides is 1. The monoisotopic (exact) mass is 291 g/mol. The minimum absolute atomic E-state index is 0.0588. The maximum absolute atomic E-state index is 12.4. The van der Waals surface area contributed by atoms with Crippen LogP contribution >= 0.6 is 0 Å². The second-order valence-corrected chi connectivity index (χ2v) is 5.41. The van der Waals surface area contributed by atoms with Gasteiger partial charge in [0.15, 0.2) is 0 Å². The molecule has 0 saturated carbocycles. The fraction of sp³-hybridized carbons (Fsp3) is 0.600. The van der Waals surface area contributed by atoms with Crippen LogP contribution in [0, 0.1) is 5.92 Å². The summed E-state index contributed by atoms with van der Waals surface area (Å²) in [5, 5.41) is 3.00. The number of aromatic nitrogens is 1. The fourth-order valence-corrected chi connectivity index (χ4v) is 2.68. The van der Waals surface area contributed by atoms with Gasteiger partial charge in [-0.1, -0.05) is 0 Å². The van der Waals surface area contributed by atoms with Gasteiger partial charge in [0.2, 0.25) is 0 Å². The standard InChI is InChI=1S/C15H21N3O3/c19-15(17-10-12-3-7-21-11-12)13-2-1-4-16-14(13)18-5-8-20-9-6-18/h1-2,4,12H,3,5-11H2,(H,17,19). The first-order valence-electron chi connectivity index (χ1n) is 7.48. The van der Waals surface area contributed by atoms with Gasteiger partial charge in [-0.05, 0) is 18.6 Å². The van der Waals surface area contributed by atoms with Crippen LogP contribution in [0.4, 0.5) is 5.82 Å². The third-order valence-electron chi connectivity index (χ3n) is 3.92. The molecule has 21 heavy (non-hydrogen) atoms. The summed E-state index contributed by atoms with van der Waals surface area (Å²) in [6.45, 7) is 5.10. The average Bonchev–Trinajstić information content (AvgIpc) is 3.07. The second kappa shape index (κ2) is 6.87. The van der Waals surface area contributed by atoms with Crippen molar-refractivity contribution in [3.05, 3.63) is 23.9 Å². The molecule has 1 atom stereocenters. The summed E-state index contributed by atoms with van der Waals surface area (Å²) in [5.74, 6) is 1.12. The smallest absolute Gasteiger partial charge is 0.255 e. The van der Waals surface area contributed by atoms with Gasteiger partial charge in [0.25, 0.3) is 5.91 Å². The molecule has 0 radical (unpaired) electrons. The number of rotatable bonds is 4. The third kappa shape index (κ3) is 3.51. The van der Waals surface area contributed by atoms with Gasteiger partial charge in [-0.3, -0.25) is 4.79 Å². The molecule has 0 aliphatic carbocycles. The van der Waals surface area contributed by atoms with Crippen LogP contribution in [-0.4, -0.2) is 57.0 Å². The van der Waals surface area contributed by atoms with E-state index < -0.39 is 0 Å². The van der Waals surface area contributed by atoms with E-state index in [4.69, 9.17) is 9.47 Å². The highest BCUT2D eigenvalue weighted by Crippen LogP contribution is 2.19. The summed E-state index contributed by atoms with van der Waals surface area (Å²) in [6, 6.07) is 3.63. The number of morpholine rings is 1. The lowest BCUT2D eigenvalue weighted by atomic mass is 10.1. The van der Waals surface area contributed by atoms with Crippen molar-refractivity contribution in [1.82, 2.24) is 10.3 Å². The zero-order valence-corrected chi connectivity index (χ0v) is 12.1. The van der Waals surface area contributed by atoms with Crippen molar-refractivity contribution in [3.63, 3.8) is 0 Å². The number of carbonyl (C=O) groups excluding carboxylic acids is 1. The Balaban J connectivity index is 1.66. The average molecular weight is 291 g/mol. The maximum atomic E-state index is 12.4. The third-order valence-corrected chi connectivity index (χ3v) is 3.92. The number of nitrogens with zero attached hydrogens (tertiary/aromatic N) is 2. The van der Waals surface area contributed by atoms with Gasteiger partial charge in [0, 0.05) is 38.4 Å². The van der Waals surface area contributed by atoms with E-state index in [0.29, 0.717) is 31.2 Å². The van der Waals surface area contributed by atoms with Crippen LogP contribution in [-0.2, 0) is 9.47 Å². The van der Waals surface area contributed by atoms with E-state index in [0.717, 1.165) is 38.5 Å². The molecule has 6 heteroatoms. The Kier molecular flexibility index (Phi) is 4.67. The highest BCUT2D eigenvalue weighted by molar-refractivity contribution is 5.98. The molecule has 1 aromatic heterocycles. The lowest BCUT2D eigenvalue weighted by Gasteiger charge is -2.29. The molecule has 2 saturated heterocycles. The lowest BCUT2D eigenvalue weighted by Crippen LogP contribution is -2.39. The van der Waals surface area contributed by atoms with Crippen molar-refractivity contribution < 1.29 is 14.3 Å². The number of pyridine rings is 1. The van der Waals surface area contributed by atoms with Crippen LogP contribution in [0.15, 0.2) is 18.3 Å². The molecule has 3 heterocycles. The molecule has 114 valence electrons. The van der Waals surface area contributed by atoms with Gasteiger partial charge in [0.1, 0.15) is 5.82 Å². The largest absolute Gasteiger partial charge is 0.381 e. The van der Waals surface area contributed by atoms with E-state index in [9.17, 15) is 4.79 Å². The van der Waals surface area contributed by atoms with Crippen LogP contribution in [0.1, 0.15) is 16.8 Å². The zero-order valence-electron chi connectivity index (χ0n) is 12.1. The first-order valence-corrected chi connectivity index (χ1v) is 7.48. The van der Waals surface area contributed by atoms with Crippen LogP contribution in [0.25, 0.3) is 0 Å². The van der Waals surface area contributed by atoms with Crippen LogP contribution in [0.5, 0.6) is 0 Å². The topological polar surface area (TPSA) is 63.7 Å². The molecule has 0 aromatic carbocycles. The van der Waals surface area contributed by atoms with Gasteiger partial charge in [-0.2, -0.15) is 0 Å². The SMILES string of the molecule is O=C(NCC1CCOC1)c1cccnc1N1CCOCC1. The molecule has 0 spiro atoms. The van der Waals surface area contributed by atoms with Gasteiger partial charge in [-0.25, -0.2) is 4.98 Å². The molecule has 6 nitrogen and oxygen atoms in total. The molecule has 1 N–H and O–H groups in total. The summed E-state index contributed by atoms with van der Waals surface area (Å²) < 4.78 is 10.7. The van der Waals surface area contributed by atoms with Gasteiger partial charge in [0.05, 0.1) is 25.4 Å². The number of hydrogen-bond donors (Lipinski definition) is 1. The maximum Gasteiger partial charge on any atom is 0.255 e. The highest BCUT2D eigenvalue weighted by Gasteiger charge is 2.21. The number of nitrogens with one attached hydrogen (secondary N) is 1. The van der Waals surface area contributed by atoms with E-state index in [1.165, 1.54) is 0 Å². The van der Waals surface area contributed by atoms with Crippen molar-refractivity contribution in [2.75, 3.05) is 51.0 Å². The minimum Gasteiger partial charge on any atom is -0.381 e. The first kappa shape index (κ1) is 14.3. The van der Waals surface area contributed by atoms with E-state index in [2.05, 4.69) is 15.2 Å². The Morgan fingerprint density at radius 3 is 2.95 bits per heavy atom. The Morgan fingerprint density at radius 2 is 2.19 bits per heavy atom. The lowest BCUT2D eigenvalue weighted by molar-refractivity contribution is 0.0943. The Bertz CT molecular complexity index is 483. The van der Waals surface area contributed by atoms with Gasteiger partial charge < -0.3 is 19.7 Å². The molecule has 1 aromatic rings. The van der Waals surface area contributed by atoms with E-state index in [1.54, 1.807) is 12.3 Å². The molecule has 1 unspecified atom stereocenters. The van der Waals surface area contributed by atoms with Crippen molar-refractivity contribution in [1.29, 1.82) is 0 Å². The van der Waals surface area contributed by atoms with Crippen LogP contribution in [0.3, 0.4) is 0 Å². The summed E-state index contributed by atoms with van der Waals surface area (Å²) in [7, 11) is 0. The molecule has 0 bridgehead atoms. The van der Waals surface area contributed by atoms with Crippen molar-refractivity contribution >= 4 is 11.7 Å². The summed E-state index contributed by atoms with van der Waals surface area (Å²) in [5.41, 5.74) is 0.637. The number of carbonyl (C=O) groups is 1. The molecular formula is C15H21N3O3. The van der Waals surface area contributed by atoms with Crippen LogP contribution < -0.4 is 10.2 Å². The predicted molar refractivity (Wildman–Crippen MR) is 78.5 cm³/mol. The summed E-state index contributed by atoms with van der Waals surface area (Å²) in [6.07, 6.45) is 2.75. The zero-order chi connectivity index (χ0) is 14.5. The van der Waals surface area contributed by atoms with E-state index >= 15 is 0 Å². The van der Waals surface area contributed by atoms with E-state index in [1.807, 2.05) is 6.07 Å². The summed E-state index contributed by atoms with van der Waals surface area (Å²) in [4.78, 5) is 18.9. The number of hydrogen-bond acceptors (Lipinski definition) is 5. The van der Waals surface area contributed by atoms with Crippen molar-refractivity contribution in [3.8, 4) is 0 Å². The number of anilines is 1. The minimum atomic E-state index is -0.0588.